The topological polar surface area (TPSA) is 67.4 Å². The molecule has 3 aromatic rings. The Balaban J connectivity index is 1.37. The first-order chi connectivity index (χ1) is 13.1. The molecule has 2 atom stereocenters. The van der Waals surface area contributed by atoms with Crippen LogP contribution in [0.4, 0.5) is 5.13 Å². The number of rotatable bonds is 5. The van der Waals surface area contributed by atoms with Gasteiger partial charge in [-0.25, -0.2) is 9.97 Å². The van der Waals surface area contributed by atoms with E-state index in [9.17, 15) is 4.79 Å². The van der Waals surface area contributed by atoms with Crippen molar-refractivity contribution in [3.63, 3.8) is 0 Å². The monoisotopic (exact) mass is 420 g/mol. The lowest BCUT2D eigenvalue weighted by atomic mass is 10.2. The van der Waals surface area contributed by atoms with Crippen molar-refractivity contribution in [3.05, 3.63) is 39.0 Å². The van der Waals surface area contributed by atoms with Crippen molar-refractivity contribution in [2.75, 3.05) is 18.4 Å². The summed E-state index contributed by atoms with van der Waals surface area (Å²) in [5.41, 5.74) is 2.44. The molecule has 1 aliphatic heterocycles. The van der Waals surface area contributed by atoms with Gasteiger partial charge in [0.05, 0.1) is 17.9 Å². The van der Waals surface area contributed by atoms with E-state index in [1.807, 2.05) is 22.2 Å². The number of carbonyl (C=O) groups is 1. The van der Waals surface area contributed by atoms with Crippen molar-refractivity contribution in [2.45, 2.75) is 32.6 Å². The third-order valence-corrected chi connectivity index (χ3v) is 6.54. The number of ether oxygens (including phenoxy) is 1. The highest BCUT2D eigenvalue weighted by Gasteiger charge is 2.23. The summed E-state index contributed by atoms with van der Waals surface area (Å²) in [7, 11) is 0. The Morgan fingerprint density at radius 1 is 1.22 bits per heavy atom. The van der Waals surface area contributed by atoms with Crippen LogP contribution >= 0.6 is 34.0 Å². The molecule has 1 saturated heterocycles. The van der Waals surface area contributed by atoms with E-state index in [4.69, 9.17) is 4.74 Å². The summed E-state index contributed by atoms with van der Waals surface area (Å²) in [6, 6.07) is 2.01. The number of hydrogen-bond acceptors (Lipinski definition) is 8. The van der Waals surface area contributed by atoms with Gasteiger partial charge in [-0.05, 0) is 25.3 Å². The van der Waals surface area contributed by atoms with Gasteiger partial charge in [0.2, 0.25) is 0 Å². The fourth-order valence-corrected chi connectivity index (χ4v) is 5.35. The van der Waals surface area contributed by atoms with Crippen LogP contribution < -0.4 is 5.32 Å². The van der Waals surface area contributed by atoms with Crippen molar-refractivity contribution in [1.82, 2.24) is 14.9 Å². The first kappa shape index (κ1) is 18.7. The Morgan fingerprint density at radius 3 is 2.78 bits per heavy atom. The predicted molar refractivity (Wildman–Crippen MR) is 111 cm³/mol. The van der Waals surface area contributed by atoms with Crippen LogP contribution in [0.3, 0.4) is 0 Å². The molecule has 1 amide bonds. The molecular weight excluding hydrogens is 400 g/mol. The highest BCUT2D eigenvalue weighted by molar-refractivity contribution is 7.14. The van der Waals surface area contributed by atoms with E-state index in [0.29, 0.717) is 10.8 Å². The van der Waals surface area contributed by atoms with E-state index < -0.39 is 0 Å². The molecule has 1 fully saturated rings. The molecule has 0 spiro atoms. The van der Waals surface area contributed by atoms with E-state index in [0.717, 1.165) is 35.9 Å². The zero-order valence-electron chi connectivity index (χ0n) is 15.0. The average Bonchev–Trinajstić information content (AvgIpc) is 3.35. The fraction of sp³-hybridized carbons (Fsp3) is 0.389. The predicted octanol–water partition coefficient (Wildman–Crippen LogP) is 4.19. The number of thiophene rings is 1. The molecule has 0 bridgehead atoms. The average molecular weight is 421 g/mol. The number of amides is 1. The van der Waals surface area contributed by atoms with Crippen molar-refractivity contribution in [2.24, 2.45) is 0 Å². The highest BCUT2D eigenvalue weighted by atomic mass is 32.1. The summed E-state index contributed by atoms with van der Waals surface area (Å²) in [5, 5.41) is 12.1. The van der Waals surface area contributed by atoms with Crippen LogP contribution in [0.25, 0.3) is 10.6 Å². The summed E-state index contributed by atoms with van der Waals surface area (Å²) < 4.78 is 5.77. The first-order valence-corrected chi connectivity index (χ1v) is 11.4. The molecule has 0 radical (unpaired) electrons. The fourth-order valence-electron chi connectivity index (χ4n) is 3.14. The number of anilines is 1. The lowest BCUT2D eigenvalue weighted by molar-refractivity contribution is -0.0707. The zero-order valence-corrected chi connectivity index (χ0v) is 17.5. The number of nitrogens with one attached hydrogen (secondary N) is 1. The van der Waals surface area contributed by atoms with Crippen LogP contribution in [-0.2, 0) is 11.3 Å². The van der Waals surface area contributed by atoms with Crippen LogP contribution in [0.15, 0.2) is 27.6 Å². The number of nitrogens with zero attached hydrogens (tertiary/aromatic N) is 3. The number of aromatic nitrogens is 2. The minimum Gasteiger partial charge on any atom is -0.373 e. The normalized spacial score (nSPS) is 20.7. The molecular formula is C18H20N4O2S3. The highest BCUT2D eigenvalue weighted by Crippen LogP contribution is 2.26. The summed E-state index contributed by atoms with van der Waals surface area (Å²) in [6.07, 6.45) is 0.460. The van der Waals surface area contributed by atoms with E-state index in [-0.39, 0.29) is 18.1 Å². The van der Waals surface area contributed by atoms with Gasteiger partial charge in [-0.15, -0.1) is 22.7 Å². The lowest BCUT2D eigenvalue weighted by Crippen LogP contribution is -2.44. The van der Waals surface area contributed by atoms with E-state index in [1.165, 1.54) is 22.7 Å². The Hall–Kier alpha value is -1.65. The maximum Gasteiger partial charge on any atom is 0.276 e. The van der Waals surface area contributed by atoms with E-state index in [2.05, 4.69) is 34.0 Å². The Bertz CT molecular complexity index is 896. The third kappa shape index (κ3) is 4.61. The van der Waals surface area contributed by atoms with Gasteiger partial charge in [0.15, 0.2) is 5.13 Å². The number of morpholine rings is 1. The molecule has 1 N–H and O–H groups in total. The quantitative estimate of drug-likeness (QED) is 0.670. The second-order valence-electron chi connectivity index (χ2n) is 6.60. The second kappa shape index (κ2) is 8.15. The molecule has 4 heterocycles. The van der Waals surface area contributed by atoms with Gasteiger partial charge >= 0.3 is 0 Å². The zero-order chi connectivity index (χ0) is 18.8. The van der Waals surface area contributed by atoms with Crippen molar-refractivity contribution >= 4 is 45.0 Å². The van der Waals surface area contributed by atoms with Crippen LogP contribution in [0.1, 0.15) is 30.0 Å². The van der Waals surface area contributed by atoms with Gasteiger partial charge in [-0.1, -0.05) is 0 Å². The summed E-state index contributed by atoms with van der Waals surface area (Å²) in [4.78, 5) is 23.8. The summed E-state index contributed by atoms with van der Waals surface area (Å²) >= 11 is 4.54. The largest absolute Gasteiger partial charge is 0.373 e. The minimum absolute atomic E-state index is 0.220. The van der Waals surface area contributed by atoms with Crippen molar-refractivity contribution in [3.8, 4) is 10.6 Å². The molecule has 0 aliphatic carbocycles. The Morgan fingerprint density at radius 2 is 2.04 bits per heavy atom. The van der Waals surface area contributed by atoms with E-state index >= 15 is 0 Å². The van der Waals surface area contributed by atoms with Crippen LogP contribution in [-0.4, -0.2) is 46.1 Å². The molecule has 6 nitrogen and oxygen atoms in total. The van der Waals surface area contributed by atoms with Crippen molar-refractivity contribution < 1.29 is 9.53 Å². The standard InChI is InChI=1S/C18H20N4O2S3/c1-11-5-22(6-12(2)24-11)7-14-9-27-18(19-14)21-16(23)15-10-26-17(20-15)13-3-4-25-8-13/h3-4,8-12H,5-7H2,1-2H3,(H,19,21,23). The number of hydrogen-bond donors (Lipinski definition) is 1. The van der Waals surface area contributed by atoms with Crippen LogP contribution in [0.2, 0.25) is 0 Å². The second-order valence-corrected chi connectivity index (χ2v) is 9.10. The molecule has 0 saturated carbocycles. The van der Waals surface area contributed by atoms with E-state index in [1.54, 1.807) is 16.7 Å². The van der Waals surface area contributed by atoms with Gasteiger partial charge < -0.3 is 4.74 Å². The third-order valence-electron chi connectivity index (χ3n) is 4.16. The molecule has 1 aliphatic rings. The maximum absolute atomic E-state index is 12.5. The van der Waals surface area contributed by atoms with Gasteiger partial charge in [0, 0.05) is 41.3 Å². The van der Waals surface area contributed by atoms with Gasteiger partial charge in [0.1, 0.15) is 10.7 Å². The Labute approximate surface area is 169 Å². The smallest absolute Gasteiger partial charge is 0.276 e. The molecule has 27 heavy (non-hydrogen) atoms. The molecule has 3 aromatic heterocycles. The summed E-state index contributed by atoms with van der Waals surface area (Å²) in [6.45, 7) is 6.74. The molecule has 2 unspecified atom stereocenters. The molecule has 9 heteroatoms. The summed E-state index contributed by atoms with van der Waals surface area (Å²) in [5.74, 6) is -0.220. The lowest BCUT2D eigenvalue weighted by Gasteiger charge is -2.34. The van der Waals surface area contributed by atoms with Gasteiger partial charge in [-0.2, -0.15) is 11.3 Å². The minimum atomic E-state index is -0.220. The van der Waals surface area contributed by atoms with Crippen LogP contribution in [0, 0.1) is 0 Å². The van der Waals surface area contributed by atoms with Crippen molar-refractivity contribution in [1.29, 1.82) is 0 Å². The molecule has 142 valence electrons. The van der Waals surface area contributed by atoms with Crippen LogP contribution in [0.5, 0.6) is 0 Å². The molecule has 4 rings (SSSR count). The molecule has 0 aromatic carbocycles. The Kier molecular flexibility index (Phi) is 5.65. The maximum atomic E-state index is 12.5. The number of thiazole rings is 2. The first-order valence-electron chi connectivity index (χ1n) is 8.68. The number of carbonyl (C=O) groups excluding carboxylic acids is 1. The van der Waals surface area contributed by atoms with Gasteiger partial charge in [-0.3, -0.25) is 15.0 Å². The SMILES string of the molecule is CC1CN(Cc2csc(NC(=O)c3csc(-c4ccsc4)n3)n2)CC(C)O1. The van der Waals surface area contributed by atoms with Gasteiger partial charge in [0.25, 0.3) is 5.91 Å².